The summed E-state index contributed by atoms with van der Waals surface area (Å²) in [6.07, 6.45) is -0.114. The Kier molecular flexibility index (Phi) is 5.37. The second-order valence-corrected chi connectivity index (χ2v) is 6.88. The van der Waals surface area contributed by atoms with Crippen LogP contribution in [0.1, 0.15) is 25.1 Å². The van der Waals surface area contributed by atoms with Crippen molar-refractivity contribution < 1.29 is 14.7 Å². The van der Waals surface area contributed by atoms with Crippen LogP contribution in [0.4, 0.5) is 4.79 Å². The lowest BCUT2D eigenvalue weighted by Gasteiger charge is -2.27. The molecule has 1 aromatic rings. The average molecular weight is 349 g/mol. The van der Waals surface area contributed by atoms with Crippen molar-refractivity contribution in [3.63, 3.8) is 0 Å². The lowest BCUT2D eigenvalue weighted by Crippen LogP contribution is -2.49. The Morgan fingerprint density at radius 2 is 2.16 bits per heavy atom. The Morgan fingerprint density at radius 3 is 2.63 bits per heavy atom. The predicted molar refractivity (Wildman–Crippen MR) is 78.3 cm³/mol. The zero-order valence-corrected chi connectivity index (χ0v) is 13.5. The molecule has 1 rings (SSSR count). The molecular weight excluding hydrogens is 332 g/mol. The van der Waals surface area contributed by atoms with E-state index in [4.69, 9.17) is 5.11 Å². The molecule has 2 amide bonds. The zero-order chi connectivity index (χ0) is 14.6. The number of hydrogen-bond donors (Lipinski definition) is 2. The molecule has 1 heterocycles. The maximum absolute atomic E-state index is 12.0. The maximum atomic E-state index is 12.0. The van der Waals surface area contributed by atoms with Gasteiger partial charge in [-0.15, -0.1) is 11.3 Å². The summed E-state index contributed by atoms with van der Waals surface area (Å²) in [7, 11) is 1.68. The molecule has 0 aliphatic carbocycles. The van der Waals surface area contributed by atoms with Crippen LogP contribution in [0.3, 0.4) is 0 Å². The second-order valence-electron chi connectivity index (χ2n) is 4.97. The fraction of sp³-hybridized carbons (Fsp3) is 0.500. The molecule has 0 bridgehead atoms. The van der Waals surface area contributed by atoms with Gasteiger partial charge in [-0.05, 0) is 35.8 Å². The number of aliphatic carboxylic acids is 1. The zero-order valence-electron chi connectivity index (χ0n) is 11.1. The maximum Gasteiger partial charge on any atom is 0.317 e. The van der Waals surface area contributed by atoms with Crippen molar-refractivity contribution in [2.45, 2.75) is 32.4 Å². The lowest BCUT2D eigenvalue weighted by atomic mass is 10.0. The van der Waals surface area contributed by atoms with Gasteiger partial charge in [-0.1, -0.05) is 0 Å². The number of carboxylic acid groups (broad SMARTS) is 1. The second kappa shape index (κ2) is 6.38. The number of carbonyl (C=O) groups is 2. The lowest BCUT2D eigenvalue weighted by molar-refractivity contribution is -0.138. The summed E-state index contributed by atoms with van der Waals surface area (Å²) in [5, 5.41) is 13.4. The van der Waals surface area contributed by atoms with Crippen LogP contribution in [0.25, 0.3) is 0 Å². The van der Waals surface area contributed by atoms with E-state index in [0.29, 0.717) is 6.54 Å². The van der Waals surface area contributed by atoms with Gasteiger partial charge in [0.15, 0.2) is 0 Å². The summed E-state index contributed by atoms with van der Waals surface area (Å²) in [6, 6.07) is 1.67. The van der Waals surface area contributed by atoms with Crippen LogP contribution in [-0.4, -0.2) is 34.6 Å². The molecule has 1 aromatic heterocycles. The van der Waals surface area contributed by atoms with Crippen LogP contribution >= 0.6 is 27.3 Å². The Labute approximate surface area is 124 Å². The first kappa shape index (κ1) is 16.0. The number of thiophene rings is 1. The first-order valence-corrected chi connectivity index (χ1v) is 7.35. The molecule has 0 fully saturated rings. The highest BCUT2D eigenvalue weighted by Crippen LogP contribution is 2.21. The Morgan fingerprint density at radius 1 is 1.53 bits per heavy atom. The van der Waals surface area contributed by atoms with Crippen LogP contribution in [-0.2, 0) is 11.3 Å². The van der Waals surface area contributed by atoms with Gasteiger partial charge in [0.05, 0.1) is 13.0 Å². The average Bonchev–Trinajstić information content (AvgIpc) is 2.60. The summed E-state index contributed by atoms with van der Waals surface area (Å²) in [4.78, 5) is 25.2. The predicted octanol–water partition coefficient (Wildman–Crippen LogP) is 2.91. The van der Waals surface area contributed by atoms with Gasteiger partial charge >= 0.3 is 12.0 Å². The fourth-order valence-corrected chi connectivity index (χ4v) is 3.05. The van der Waals surface area contributed by atoms with Crippen molar-refractivity contribution in [1.82, 2.24) is 10.2 Å². The topological polar surface area (TPSA) is 69.6 Å². The van der Waals surface area contributed by atoms with E-state index in [-0.39, 0.29) is 12.5 Å². The Balaban J connectivity index is 2.55. The highest BCUT2D eigenvalue weighted by atomic mass is 79.9. The third-order valence-electron chi connectivity index (χ3n) is 2.40. The van der Waals surface area contributed by atoms with Gasteiger partial charge in [-0.3, -0.25) is 4.79 Å². The number of amides is 2. The molecule has 19 heavy (non-hydrogen) atoms. The smallest absolute Gasteiger partial charge is 0.317 e. The number of halogens is 1. The van der Waals surface area contributed by atoms with Gasteiger partial charge in [0.2, 0.25) is 0 Å². The fourth-order valence-electron chi connectivity index (χ4n) is 1.55. The normalized spacial score (nSPS) is 11.2. The van der Waals surface area contributed by atoms with Crippen molar-refractivity contribution in [1.29, 1.82) is 0 Å². The summed E-state index contributed by atoms with van der Waals surface area (Å²) >= 11 is 4.92. The minimum absolute atomic E-state index is 0.114. The minimum Gasteiger partial charge on any atom is -0.481 e. The number of carbonyl (C=O) groups excluding carboxylic acids is 1. The monoisotopic (exact) mass is 348 g/mol. The van der Waals surface area contributed by atoms with E-state index in [2.05, 4.69) is 21.2 Å². The largest absolute Gasteiger partial charge is 0.481 e. The van der Waals surface area contributed by atoms with Crippen molar-refractivity contribution in [3.8, 4) is 0 Å². The molecule has 7 heteroatoms. The van der Waals surface area contributed by atoms with Gasteiger partial charge in [0.1, 0.15) is 0 Å². The van der Waals surface area contributed by atoms with Crippen LogP contribution in [0.2, 0.25) is 0 Å². The molecule has 0 radical (unpaired) electrons. The summed E-state index contributed by atoms with van der Waals surface area (Å²) in [6.45, 7) is 3.87. The quantitative estimate of drug-likeness (QED) is 0.859. The van der Waals surface area contributed by atoms with E-state index in [9.17, 15) is 9.59 Å². The molecular formula is C12H17BrN2O3S. The first-order chi connectivity index (χ1) is 8.69. The third-order valence-corrected chi connectivity index (χ3v) is 4.08. The Hall–Kier alpha value is -1.08. The van der Waals surface area contributed by atoms with Crippen LogP contribution in [0, 0.1) is 0 Å². The molecule has 0 aromatic carbocycles. The molecule has 0 aliphatic heterocycles. The molecule has 0 saturated carbocycles. The van der Waals surface area contributed by atoms with Gasteiger partial charge in [0.25, 0.3) is 0 Å². The standard InChI is InChI=1S/C12H17BrN2O3S/c1-12(2,5-10(16)17)14-11(18)15(3)6-9-4-8(13)7-19-9/h4,7H,5-6H2,1-3H3,(H,14,18)(H,16,17). The molecule has 2 N–H and O–H groups in total. The summed E-state index contributed by atoms with van der Waals surface area (Å²) < 4.78 is 0.993. The van der Waals surface area contributed by atoms with Gasteiger partial charge < -0.3 is 15.3 Å². The number of urea groups is 1. The van der Waals surface area contributed by atoms with Crippen molar-refractivity contribution in [3.05, 3.63) is 20.8 Å². The van der Waals surface area contributed by atoms with Crippen LogP contribution < -0.4 is 5.32 Å². The number of nitrogens with one attached hydrogen (secondary N) is 1. The van der Waals surface area contributed by atoms with Crippen LogP contribution in [0.5, 0.6) is 0 Å². The third kappa shape index (κ3) is 5.61. The molecule has 106 valence electrons. The van der Waals surface area contributed by atoms with Crippen molar-refractivity contribution >= 4 is 39.3 Å². The number of hydrogen-bond acceptors (Lipinski definition) is 3. The highest BCUT2D eigenvalue weighted by Gasteiger charge is 2.25. The molecule has 5 nitrogen and oxygen atoms in total. The van der Waals surface area contributed by atoms with Gasteiger partial charge in [-0.25, -0.2) is 4.79 Å². The van der Waals surface area contributed by atoms with E-state index >= 15 is 0 Å². The number of carboxylic acids is 1. The van der Waals surface area contributed by atoms with Gasteiger partial charge in [-0.2, -0.15) is 0 Å². The first-order valence-electron chi connectivity index (χ1n) is 5.67. The highest BCUT2D eigenvalue weighted by molar-refractivity contribution is 9.10. The SMILES string of the molecule is CN(Cc1cc(Br)cs1)C(=O)NC(C)(C)CC(=O)O. The van der Waals surface area contributed by atoms with E-state index in [1.165, 1.54) is 4.90 Å². The van der Waals surface area contributed by atoms with E-state index < -0.39 is 11.5 Å². The molecule has 0 aliphatic rings. The Bertz CT molecular complexity index is 473. The molecule has 0 saturated heterocycles. The van der Waals surface area contributed by atoms with E-state index in [1.54, 1.807) is 32.2 Å². The minimum atomic E-state index is -0.935. The summed E-state index contributed by atoms with van der Waals surface area (Å²) in [5.41, 5.74) is -0.771. The van der Waals surface area contributed by atoms with Gasteiger partial charge in [0, 0.05) is 27.3 Å². The van der Waals surface area contributed by atoms with E-state index in [1.807, 2.05) is 11.4 Å². The molecule has 0 atom stereocenters. The summed E-state index contributed by atoms with van der Waals surface area (Å²) in [5.74, 6) is -0.935. The number of nitrogens with zero attached hydrogens (tertiary/aromatic N) is 1. The van der Waals surface area contributed by atoms with Crippen molar-refractivity contribution in [2.75, 3.05) is 7.05 Å². The van der Waals surface area contributed by atoms with Crippen LogP contribution in [0.15, 0.2) is 15.9 Å². The molecule has 0 unspecified atom stereocenters. The number of rotatable bonds is 5. The van der Waals surface area contributed by atoms with Crippen molar-refractivity contribution in [2.24, 2.45) is 0 Å². The van der Waals surface area contributed by atoms with E-state index in [0.717, 1.165) is 9.35 Å². The molecule has 0 spiro atoms.